The first-order valence-electron chi connectivity index (χ1n) is 7.70. The third-order valence-electron chi connectivity index (χ3n) is 4.12. The summed E-state index contributed by atoms with van der Waals surface area (Å²) >= 11 is 0. The van der Waals surface area contributed by atoms with Crippen molar-refractivity contribution in [3.63, 3.8) is 0 Å². The molecule has 0 radical (unpaired) electrons. The number of para-hydroxylation sites is 1. The molecular weight excluding hydrogens is 290 g/mol. The number of aryl methyl sites for hydroxylation is 1. The van der Waals surface area contributed by atoms with E-state index in [1.807, 2.05) is 43.3 Å². The van der Waals surface area contributed by atoms with Gasteiger partial charge in [0, 0.05) is 31.2 Å². The Morgan fingerprint density at radius 2 is 2.13 bits per heavy atom. The second kappa shape index (κ2) is 6.60. The van der Waals surface area contributed by atoms with Crippen LogP contribution in [-0.4, -0.2) is 23.3 Å². The van der Waals surface area contributed by atoms with Gasteiger partial charge in [-0.2, -0.15) is 0 Å². The van der Waals surface area contributed by atoms with Crippen molar-refractivity contribution in [2.45, 2.75) is 19.9 Å². The van der Waals surface area contributed by atoms with Gasteiger partial charge >= 0.3 is 0 Å². The third kappa shape index (κ3) is 3.23. The summed E-state index contributed by atoms with van der Waals surface area (Å²) < 4.78 is 0. The first kappa shape index (κ1) is 15.2. The topological polar surface area (TPSA) is 62.3 Å². The highest BCUT2D eigenvalue weighted by Crippen LogP contribution is 2.27. The summed E-state index contributed by atoms with van der Waals surface area (Å²) in [5.74, 6) is -0.941. The van der Waals surface area contributed by atoms with E-state index in [4.69, 9.17) is 0 Å². The van der Waals surface area contributed by atoms with Gasteiger partial charge in [0.2, 0.25) is 11.8 Å². The quantitative estimate of drug-likeness (QED) is 0.879. The predicted octanol–water partition coefficient (Wildman–Crippen LogP) is 2.06. The molecule has 1 aliphatic heterocycles. The zero-order valence-corrected chi connectivity index (χ0v) is 13.0. The molecule has 5 heteroatoms. The van der Waals surface area contributed by atoms with Crippen molar-refractivity contribution in [1.82, 2.24) is 10.3 Å². The van der Waals surface area contributed by atoms with Gasteiger partial charge in [-0.25, -0.2) is 0 Å². The van der Waals surface area contributed by atoms with Gasteiger partial charge in [0.15, 0.2) is 0 Å². The minimum Gasteiger partial charge on any atom is -0.351 e. The van der Waals surface area contributed by atoms with Gasteiger partial charge in [0.05, 0.1) is 0 Å². The lowest BCUT2D eigenvalue weighted by Crippen LogP contribution is -2.36. The van der Waals surface area contributed by atoms with E-state index in [2.05, 4.69) is 10.3 Å². The van der Waals surface area contributed by atoms with Crippen molar-refractivity contribution in [3.05, 3.63) is 59.9 Å². The standard InChI is InChI=1S/C18H19N3O2/c1-13-5-2-3-7-16(13)21-10-8-15(18(21)23)17(22)20-12-14-6-4-9-19-11-14/h2-7,9,11,15H,8,10,12H2,1H3,(H,20,22)/t15-/m0/s1. The first-order chi connectivity index (χ1) is 11.2. The number of anilines is 1. The average Bonchev–Trinajstić information content (AvgIpc) is 2.95. The van der Waals surface area contributed by atoms with E-state index >= 15 is 0 Å². The van der Waals surface area contributed by atoms with Crippen molar-refractivity contribution in [2.75, 3.05) is 11.4 Å². The summed E-state index contributed by atoms with van der Waals surface area (Å²) in [7, 11) is 0. The van der Waals surface area contributed by atoms with E-state index in [1.165, 1.54) is 0 Å². The molecule has 23 heavy (non-hydrogen) atoms. The molecule has 2 heterocycles. The zero-order valence-electron chi connectivity index (χ0n) is 13.0. The van der Waals surface area contributed by atoms with Crippen LogP contribution in [0.4, 0.5) is 5.69 Å². The molecule has 0 aliphatic carbocycles. The Bertz CT molecular complexity index is 715. The molecule has 1 N–H and O–H groups in total. The maximum absolute atomic E-state index is 12.6. The Hall–Kier alpha value is -2.69. The number of carbonyl (C=O) groups excluding carboxylic acids is 2. The summed E-state index contributed by atoms with van der Waals surface area (Å²) in [4.78, 5) is 30.6. The number of hydrogen-bond donors (Lipinski definition) is 1. The largest absolute Gasteiger partial charge is 0.351 e. The normalized spacial score (nSPS) is 17.3. The van der Waals surface area contributed by atoms with Crippen LogP contribution < -0.4 is 10.2 Å². The Kier molecular flexibility index (Phi) is 4.37. The number of carbonyl (C=O) groups is 2. The number of nitrogens with zero attached hydrogens (tertiary/aromatic N) is 2. The van der Waals surface area contributed by atoms with Crippen LogP contribution in [0.25, 0.3) is 0 Å². The van der Waals surface area contributed by atoms with E-state index in [9.17, 15) is 9.59 Å². The lowest BCUT2D eigenvalue weighted by molar-refractivity contribution is -0.132. The van der Waals surface area contributed by atoms with Gasteiger partial charge in [-0.15, -0.1) is 0 Å². The maximum Gasteiger partial charge on any atom is 0.239 e. The SMILES string of the molecule is Cc1ccccc1N1CC[C@@H](C(=O)NCc2cccnc2)C1=O. The van der Waals surface area contributed by atoms with E-state index < -0.39 is 5.92 Å². The lowest BCUT2D eigenvalue weighted by atomic mass is 10.1. The molecule has 1 aliphatic rings. The number of hydrogen-bond acceptors (Lipinski definition) is 3. The highest BCUT2D eigenvalue weighted by atomic mass is 16.2. The van der Waals surface area contributed by atoms with Gasteiger partial charge in [0.1, 0.15) is 5.92 Å². The molecule has 2 amide bonds. The molecule has 2 aromatic rings. The second-order valence-corrected chi connectivity index (χ2v) is 5.70. The van der Waals surface area contributed by atoms with Crippen LogP contribution in [0, 0.1) is 12.8 Å². The number of pyridine rings is 1. The molecule has 5 nitrogen and oxygen atoms in total. The van der Waals surface area contributed by atoms with Crippen molar-refractivity contribution >= 4 is 17.5 Å². The summed E-state index contributed by atoms with van der Waals surface area (Å²) in [6, 6.07) is 11.5. The first-order valence-corrected chi connectivity index (χ1v) is 7.70. The third-order valence-corrected chi connectivity index (χ3v) is 4.12. The highest BCUT2D eigenvalue weighted by molar-refractivity contribution is 6.09. The Morgan fingerprint density at radius 3 is 2.87 bits per heavy atom. The van der Waals surface area contributed by atoms with Crippen molar-refractivity contribution in [2.24, 2.45) is 5.92 Å². The Morgan fingerprint density at radius 1 is 1.30 bits per heavy atom. The van der Waals surface area contributed by atoms with E-state index in [0.29, 0.717) is 19.5 Å². The number of aromatic nitrogens is 1. The summed E-state index contributed by atoms with van der Waals surface area (Å²) in [5.41, 5.74) is 2.85. The molecule has 0 unspecified atom stereocenters. The smallest absolute Gasteiger partial charge is 0.239 e. The number of benzene rings is 1. The molecule has 1 saturated heterocycles. The Balaban J connectivity index is 1.65. The fourth-order valence-electron chi connectivity index (χ4n) is 2.84. The van der Waals surface area contributed by atoms with Crippen LogP contribution in [0.5, 0.6) is 0 Å². The van der Waals surface area contributed by atoms with Gasteiger partial charge in [-0.3, -0.25) is 14.6 Å². The molecule has 1 aromatic carbocycles. The lowest BCUT2D eigenvalue weighted by Gasteiger charge is -2.19. The van der Waals surface area contributed by atoms with Gasteiger partial charge in [0.25, 0.3) is 0 Å². The maximum atomic E-state index is 12.6. The van der Waals surface area contributed by atoms with E-state index in [0.717, 1.165) is 16.8 Å². The zero-order chi connectivity index (χ0) is 16.2. The van der Waals surface area contributed by atoms with Gasteiger partial charge < -0.3 is 10.2 Å². The molecule has 1 fully saturated rings. The predicted molar refractivity (Wildman–Crippen MR) is 87.7 cm³/mol. The monoisotopic (exact) mass is 309 g/mol. The minimum atomic E-state index is -0.605. The van der Waals surface area contributed by atoms with Crippen LogP contribution >= 0.6 is 0 Å². The molecule has 1 atom stereocenters. The molecule has 0 spiro atoms. The fraction of sp³-hybridized carbons (Fsp3) is 0.278. The van der Waals surface area contributed by atoms with Crippen LogP contribution in [0.1, 0.15) is 17.5 Å². The molecule has 118 valence electrons. The number of amides is 2. The van der Waals surface area contributed by atoms with Crippen LogP contribution in [0.2, 0.25) is 0 Å². The summed E-state index contributed by atoms with van der Waals surface area (Å²) in [6.07, 6.45) is 3.94. The molecule has 0 saturated carbocycles. The summed E-state index contributed by atoms with van der Waals surface area (Å²) in [6.45, 7) is 2.94. The fourth-order valence-corrected chi connectivity index (χ4v) is 2.84. The second-order valence-electron chi connectivity index (χ2n) is 5.70. The van der Waals surface area contributed by atoms with E-state index in [1.54, 1.807) is 17.3 Å². The highest BCUT2D eigenvalue weighted by Gasteiger charge is 2.37. The summed E-state index contributed by atoms with van der Waals surface area (Å²) in [5, 5.41) is 2.83. The number of rotatable bonds is 4. The van der Waals surface area contributed by atoms with Gasteiger partial charge in [-0.1, -0.05) is 24.3 Å². The Labute approximate surface area is 135 Å². The molecule has 1 aromatic heterocycles. The van der Waals surface area contributed by atoms with Gasteiger partial charge in [-0.05, 0) is 36.6 Å². The van der Waals surface area contributed by atoms with Crippen molar-refractivity contribution < 1.29 is 9.59 Å². The van der Waals surface area contributed by atoms with Crippen molar-refractivity contribution in [1.29, 1.82) is 0 Å². The number of nitrogens with one attached hydrogen (secondary N) is 1. The molecule has 0 bridgehead atoms. The minimum absolute atomic E-state index is 0.122. The molecule has 3 rings (SSSR count). The van der Waals surface area contributed by atoms with Crippen molar-refractivity contribution in [3.8, 4) is 0 Å². The van der Waals surface area contributed by atoms with Crippen LogP contribution in [0.3, 0.4) is 0 Å². The average molecular weight is 309 g/mol. The van der Waals surface area contributed by atoms with Crippen LogP contribution in [-0.2, 0) is 16.1 Å². The van der Waals surface area contributed by atoms with Crippen LogP contribution in [0.15, 0.2) is 48.8 Å². The molecular formula is C18H19N3O2. The van der Waals surface area contributed by atoms with E-state index in [-0.39, 0.29) is 11.8 Å².